The molecule has 0 saturated carbocycles. The molecule has 2 N–H and O–H groups in total. The molecule has 0 aliphatic carbocycles. The van der Waals surface area contributed by atoms with Gasteiger partial charge < -0.3 is 5.11 Å². The number of sulfonamides is 1. The van der Waals surface area contributed by atoms with Crippen molar-refractivity contribution in [2.24, 2.45) is 0 Å². The maximum absolute atomic E-state index is 12.1. The van der Waals surface area contributed by atoms with Crippen LogP contribution in [0.4, 0.5) is 5.69 Å². The van der Waals surface area contributed by atoms with Gasteiger partial charge in [-0.25, -0.2) is 8.42 Å². The number of hydrogen-bond acceptors (Lipinski definition) is 4. The number of phenols is 1. The molecule has 1 aromatic heterocycles. The van der Waals surface area contributed by atoms with Crippen molar-refractivity contribution in [2.45, 2.75) is 18.1 Å². The van der Waals surface area contributed by atoms with Crippen LogP contribution in [-0.4, -0.2) is 13.5 Å². The first-order valence-electron chi connectivity index (χ1n) is 5.38. The quantitative estimate of drug-likeness (QED) is 0.910. The second-order valence-corrected chi connectivity index (χ2v) is 7.69. The molecule has 0 saturated heterocycles. The first kappa shape index (κ1) is 14.2. The molecule has 0 bridgehead atoms. The zero-order valence-electron chi connectivity index (χ0n) is 10.3. The number of rotatable bonds is 3. The van der Waals surface area contributed by atoms with Crippen molar-refractivity contribution < 1.29 is 13.5 Å². The summed E-state index contributed by atoms with van der Waals surface area (Å²) >= 11 is 6.87. The maximum Gasteiger partial charge on any atom is 0.271 e. The van der Waals surface area contributed by atoms with Gasteiger partial charge in [-0.3, -0.25) is 4.72 Å². The fraction of sp³-hybridized carbons (Fsp3) is 0.167. The Morgan fingerprint density at radius 1 is 1.21 bits per heavy atom. The second kappa shape index (κ2) is 5.03. The number of benzene rings is 1. The first-order valence-corrected chi connectivity index (χ1v) is 8.06. The number of hydrogen-bond donors (Lipinski definition) is 2. The molecule has 1 aromatic carbocycles. The van der Waals surface area contributed by atoms with Crippen molar-refractivity contribution in [3.8, 4) is 5.75 Å². The zero-order chi connectivity index (χ0) is 14.2. The van der Waals surface area contributed by atoms with Gasteiger partial charge in [0, 0.05) is 6.07 Å². The highest BCUT2D eigenvalue weighted by Gasteiger charge is 2.18. The van der Waals surface area contributed by atoms with Gasteiger partial charge in [-0.15, -0.1) is 11.3 Å². The number of aromatic hydroxyl groups is 1. The van der Waals surface area contributed by atoms with E-state index in [9.17, 15) is 13.5 Å². The van der Waals surface area contributed by atoms with Crippen LogP contribution in [-0.2, 0) is 10.0 Å². The van der Waals surface area contributed by atoms with Gasteiger partial charge in [-0.1, -0.05) is 17.7 Å². The number of anilines is 1. The molecule has 0 unspecified atom stereocenters. The summed E-state index contributed by atoms with van der Waals surface area (Å²) in [4.78, 5) is 0. The third kappa shape index (κ3) is 3.02. The van der Waals surface area contributed by atoms with E-state index in [1.165, 1.54) is 12.1 Å². The number of halogens is 1. The smallest absolute Gasteiger partial charge is 0.271 e. The van der Waals surface area contributed by atoms with Gasteiger partial charge in [-0.05, 0) is 37.1 Å². The normalized spacial score (nSPS) is 11.5. The molecule has 19 heavy (non-hydrogen) atoms. The van der Waals surface area contributed by atoms with E-state index in [2.05, 4.69) is 4.72 Å². The minimum atomic E-state index is -3.67. The molecule has 0 fully saturated rings. The largest absolute Gasteiger partial charge is 0.508 e. The van der Waals surface area contributed by atoms with Crippen LogP contribution in [0.15, 0.2) is 28.5 Å². The molecule has 0 atom stereocenters. The lowest BCUT2D eigenvalue weighted by atomic mass is 10.2. The standard InChI is InChI=1S/C12H12ClNO3S2/c1-7-3-4-9(6-10(7)15)14-19(16,17)11-5-8(2)12(13)18-11/h3-6,14-15H,1-2H3. The molecule has 0 aliphatic heterocycles. The Morgan fingerprint density at radius 2 is 1.89 bits per heavy atom. The Balaban J connectivity index is 2.33. The van der Waals surface area contributed by atoms with Gasteiger partial charge in [0.05, 0.1) is 10.0 Å². The van der Waals surface area contributed by atoms with E-state index in [-0.39, 0.29) is 9.96 Å². The Morgan fingerprint density at radius 3 is 2.42 bits per heavy atom. The van der Waals surface area contributed by atoms with Crippen LogP contribution in [0, 0.1) is 13.8 Å². The third-order valence-electron chi connectivity index (χ3n) is 2.56. The summed E-state index contributed by atoms with van der Waals surface area (Å²) in [6, 6.07) is 6.12. The lowest BCUT2D eigenvalue weighted by molar-refractivity contribution is 0.471. The van der Waals surface area contributed by atoms with Gasteiger partial charge >= 0.3 is 0 Å². The van der Waals surface area contributed by atoms with Crippen molar-refractivity contribution in [3.63, 3.8) is 0 Å². The molecule has 0 aliphatic rings. The van der Waals surface area contributed by atoms with E-state index in [1.807, 2.05) is 0 Å². The van der Waals surface area contributed by atoms with Crippen LogP contribution < -0.4 is 4.72 Å². The number of aryl methyl sites for hydroxylation is 2. The van der Waals surface area contributed by atoms with Gasteiger partial charge in [0.25, 0.3) is 10.0 Å². The highest BCUT2D eigenvalue weighted by Crippen LogP contribution is 2.31. The number of nitrogens with one attached hydrogen (secondary N) is 1. The van der Waals surface area contributed by atoms with E-state index in [0.29, 0.717) is 15.6 Å². The highest BCUT2D eigenvalue weighted by molar-refractivity contribution is 7.94. The zero-order valence-corrected chi connectivity index (χ0v) is 12.7. The number of thiophene rings is 1. The van der Waals surface area contributed by atoms with Crippen LogP contribution in [0.5, 0.6) is 5.75 Å². The molecule has 102 valence electrons. The van der Waals surface area contributed by atoms with E-state index in [4.69, 9.17) is 11.6 Å². The lowest BCUT2D eigenvalue weighted by Crippen LogP contribution is -2.11. The lowest BCUT2D eigenvalue weighted by Gasteiger charge is -2.07. The summed E-state index contributed by atoms with van der Waals surface area (Å²) in [7, 11) is -3.67. The molecule has 0 radical (unpaired) electrons. The highest BCUT2D eigenvalue weighted by atomic mass is 35.5. The second-order valence-electron chi connectivity index (χ2n) is 4.13. The van der Waals surface area contributed by atoms with Crippen molar-refractivity contribution in [3.05, 3.63) is 39.7 Å². The van der Waals surface area contributed by atoms with E-state index in [0.717, 1.165) is 16.9 Å². The predicted octanol–water partition coefficient (Wildman–Crippen LogP) is 3.52. The summed E-state index contributed by atoms with van der Waals surface area (Å²) < 4.78 is 27.3. The van der Waals surface area contributed by atoms with Crippen molar-refractivity contribution in [1.29, 1.82) is 0 Å². The molecular weight excluding hydrogens is 306 g/mol. The average Bonchev–Trinajstić information content (AvgIpc) is 2.65. The summed E-state index contributed by atoms with van der Waals surface area (Å²) in [5.74, 6) is 0.0422. The van der Waals surface area contributed by atoms with Crippen LogP contribution >= 0.6 is 22.9 Å². The van der Waals surface area contributed by atoms with Gasteiger partial charge in [-0.2, -0.15) is 0 Å². The molecular formula is C12H12ClNO3S2. The minimum Gasteiger partial charge on any atom is -0.508 e. The molecule has 2 aromatic rings. The fourth-order valence-corrected chi connectivity index (χ4v) is 4.20. The molecule has 1 heterocycles. The van der Waals surface area contributed by atoms with Gasteiger partial charge in [0.2, 0.25) is 0 Å². The van der Waals surface area contributed by atoms with Crippen LogP contribution in [0.25, 0.3) is 0 Å². The molecule has 0 amide bonds. The van der Waals surface area contributed by atoms with Crippen LogP contribution in [0.1, 0.15) is 11.1 Å². The summed E-state index contributed by atoms with van der Waals surface area (Å²) in [5.41, 5.74) is 1.71. The molecule has 2 rings (SSSR count). The summed E-state index contributed by atoms with van der Waals surface area (Å²) in [6.45, 7) is 3.48. The molecule has 4 nitrogen and oxygen atoms in total. The van der Waals surface area contributed by atoms with Gasteiger partial charge in [0.1, 0.15) is 9.96 Å². The van der Waals surface area contributed by atoms with E-state index in [1.54, 1.807) is 26.0 Å². The monoisotopic (exact) mass is 317 g/mol. The van der Waals surface area contributed by atoms with Crippen LogP contribution in [0.2, 0.25) is 4.34 Å². The fourth-order valence-electron chi connectivity index (χ4n) is 1.44. The van der Waals surface area contributed by atoms with Crippen molar-refractivity contribution >= 4 is 38.6 Å². The number of phenolic OH excluding ortho intramolecular Hbond substituents is 1. The summed E-state index contributed by atoms with van der Waals surface area (Å²) in [5, 5.41) is 9.56. The summed E-state index contributed by atoms with van der Waals surface area (Å²) in [6.07, 6.45) is 0. The SMILES string of the molecule is Cc1ccc(NS(=O)(=O)c2cc(C)c(Cl)s2)cc1O. The average molecular weight is 318 g/mol. The van der Waals surface area contributed by atoms with Crippen LogP contribution in [0.3, 0.4) is 0 Å². The van der Waals surface area contributed by atoms with Gasteiger partial charge in [0.15, 0.2) is 0 Å². The Labute approximate surface area is 120 Å². The Kier molecular flexibility index (Phi) is 3.75. The molecule has 7 heteroatoms. The van der Waals surface area contributed by atoms with E-state index >= 15 is 0 Å². The Bertz CT molecular complexity index is 703. The third-order valence-corrected chi connectivity index (χ3v) is 5.97. The minimum absolute atomic E-state index is 0.0422. The predicted molar refractivity (Wildman–Crippen MR) is 77.7 cm³/mol. The Hall–Kier alpha value is -1.24. The van der Waals surface area contributed by atoms with E-state index < -0.39 is 10.0 Å². The first-order chi connectivity index (χ1) is 8.79. The molecule has 0 spiro atoms. The van der Waals surface area contributed by atoms with Crippen molar-refractivity contribution in [1.82, 2.24) is 0 Å². The maximum atomic E-state index is 12.1. The van der Waals surface area contributed by atoms with Crippen molar-refractivity contribution in [2.75, 3.05) is 4.72 Å². The topological polar surface area (TPSA) is 66.4 Å².